The molecule has 0 aromatic heterocycles. The number of ether oxygens (including phenoxy) is 1. The zero-order valence-electron chi connectivity index (χ0n) is 11.9. The van der Waals surface area contributed by atoms with Crippen molar-refractivity contribution >= 4 is 0 Å². The van der Waals surface area contributed by atoms with E-state index in [1.807, 2.05) is 36.4 Å². The summed E-state index contributed by atoms with van der Waals surface area (Å²) in [7, 11) is 1.65. The standard InChI is InChI=1S/C17H20FNO/c1-12-11-14(5-8-17(12)18)16(9-10-19)13-3-6-15(20-2)7-4-13/h3-8,11,16H,9-10,19H2,1-2H3. The Morgan fingerprint density at radius 2 is 1.75 bits per heavy atom. The minimum atomic E-state index is -0.171. The van der Waals surface area contributed by atoms with Crippen LogP contribution in [-0.2, 0) is 0 Å². The molecule has 0 bridgehead atoms. The van der Waals surface area contributed by atoms with Crippen molar-refractivity contribution in [3.8, 4) is 5.75 Å². The number of nitrogens with two attached hydrogens (primary N) is 1. The van der Waals surface area contributed by atoms with Crippen LogP contribution in [-0.4, -0.2) is 13.7 Å². The van der Waals surface area contributed by atoms with Gasteiger partial charge in [-0.3, -0.25) is 0 Å². The SMILES string of the molecule is COc1ccc(C(CCN)c2ccc(F)c(C)c2)cc1. The minimum absolute atomic E-state index is 0.171. The number of hydrogen-bond acceptors (Lipinski definition) is 2. The normalized spacial score (nSPS) is 12.2. The Hall–Kier alpha value is -1.87. The van der Waals surface area contributed by atoms with Gasteiger partial charge in [0.15, 0.2) is 0 Å². The maximum Gasteiger partial charge on any atom is 0.126 e. The van der Waals surface area contributed by atoms with E-state index in [0.29, 0.717) is 12.1 Å². The van der Waals surface area contributed by atoms with Gasteiger partial charge in [-0.15, -0.1) is 0 Å². The van der Waals surface area contributed by atoms with Gasteiger partial charge in [-0.25, -0.2) is 4.39 Å². The van der Waals surface area contributed by atoms with Crippen LogP contribution in [0.5, 0.6) is 5.75 Å². The smallest absolute Gasteiger partial charge is 0.126 e. The highest BCUT2D eigenvalue weighted by atomic mass is 19.1. The van der Waals surface area contributed by atoms with Crippen molar-refractivity contribution in [2.24, 2.45) is 5.73 Å². The van der Waals surface area contributed by atoms with Crippen LogP contribution in [0.1, 0.15) is 29.0 Å². The second-order valence-corrected chi connectivity index (χ2v) is 4.91. The molecule has 0 amide bonds. The first-order chi connectivity index (χ1) is 9.65. The molecule has 0 aliphatic heterocycles. The molecule has 1 unspecified atom stereocenters. The fraction of sp³-hybridized carbons (Fsp3) is 0.294. The Bertz CT molecular complexity index is 566. The van der Waals surface area contributed by atoms with E-state index >= 15 is 0 Å². The molecule has 2 aromatic rings. The van der Waals surface area contributed by atoms with Crippen LogP contribution in [0.2, 0.25) is 0 Å². The Morgan fingerprint density at radius 3 is 2.30 bits per heavy atom. The Morgan fingerprint density at radius 1 is 1.10 bits per heavy atom. The van der Waals surface area contributed by atoms with Gasteiger partial charge >= 0.3 is 0 Å². The lowest BCUT2D eigenvalue weighted by Crippen LogP contribution is -2.09. The molecule has 0 saturated carbocycles. The lowest BCUT2D eigenvalue weighted by Gasteiger charge is -2.18. The quantitative estimate of drug-likeness (QED) is 0.903. The Balaban J connectivity index is 2.35. The summed E-state index contributed by atoms with van der Waals surface area (Å²) >= 11 is 0. The van der Waals surface area contributed by atoms with Crippen molar-refractivity contribution < 1.29 is 9.13 Å². The number of benzene rings is 2. The van der Waals surface area contributed by atoms with Crippen molar-refractivity contribution in [1.82, 2.24) is 0 Å². The predicted octanol–water partition coefficient (Wildman–Crippen LogP) is 3.62. The summed E-state index contributed by atoms with van der Waals surface area (Å²) in [6.45, 7) is 2.37. The molecule has 2 rings (SSSR count). The highest BCUT2D eigenvalue weighted by Crippen LogP contribution is 2.30. The second-order valence-electron chi connectivity index (χ2n) is 4.91. The van der Waals surface area contributed by atoms with Crippen LogP contribution in [0.4, 0.5) is 4.39 Å². The number of halogens is 1. The summed E-state index contributed by atoms with van der Waals surface area (Å²) in [5.41, 5.74) is 8.66. The van der Waals surface area contributed by atoms with Gasteiger partial charge in [0.25, 0.3) is 0 Å². The van der Waals surface area contributed by atoms with E-state index in [-0.39, 0.29) is 11.7 Å². The first-order valence-corrected chi connectivity index (χ1v) is 6.75. The van der Waals surface area contributed by atoms with Crippen LogP contribution >= 0.6 is 0 Å². The van der Waals surface area contributed by atoms with Crippen molar-refractivity contribution in [1.29, 1.82) is 0 Å². The molecular weight excluding hydrogens is 253 g/mol. The van der Waals surface area contributed by atoms with E-state index in [9.17, 15) is 4.39 Å². The van der Waals surface area contributed by atoms with Crippen LogP contribution in [0.3, 0.4) is 0 Å². The Kier molecular flexibility index (Phi) is 4.74. The van der Waals surface area contributed by atoms with Crippen LogP contribution in [0.15, 0.2) is 42.5 Å². The molecule has 0 fully saturated rings. The van der Waals surface area contributed by atoms with Gasteiger partial charge in [0.2, 0.25) is 0 Å². The maximum absolute atomic E-state index is 13.4. The fourth-order valence-electron chi connectivity index (χ4n) is 2.41. The summed E-state index contributed by atoms with van der Waals surface area (Å²) in [5, 5.41) is 0. The molecule has 2 aromatic carbocycles. The van der Waals surface area contributed by atoms with Gasteiger partial charge in [0.1, 0.15) is 11.6 Å². The van der Waals surface area contributed by atoms with Gasteiger partial charge < -0.3 is 10.5 Å². The monoisotopic (exact) mass is 273 g/mol. The molecule has 0 heterocycles. The van der Waals surface area contributed by atoms with Crippen molar-refractivity contribution in [3.63, 3.8) is 0 Å². The van der Waals surface area contributed by atoms with Crippen LogP contribution in [0.25, 0.3) is 0 Å². The topological polar surface area (TPSA) is 35.2 Å². The third-order valence-electron chi connectivity index (χ3n) is 3.56. The molecule has 0 saturated heterocycles. The van der Waals surface area contributed by atoms with Crippen molar-refractivity contribution in [3.05, 3.63) is 65.0 Å². The maximum atomic E-state index is 13.4. The zero-order valence-corrected chi connectivity index (χ0v) is 11.9. The van der Waals surface area contributed by atoms with E-state index in [4.69, 9.17) is 10.5 Å². The summed E-state index contributed by atoms with van der Waals surface area (Å²) in [6.07, 6.45) is 0.831. The minimum Gasteiger partial charge on any atom is -0.497 e. The van der Waals surface area contributed by atoms with E-state index in [1.54, 1.807) is 14.0 Å². The molecule has 1 atom stereocenters. The summed E-state index contributed by atoms with van der Waals surface area (Å²) < 4.78 is 18.6. The molecule has 0 radical (unpaired) electrons. The molecule has 0 aliphatic rings. The molecule has 2 nitrogen and oxygen atoms in total. The molecule has 2 N–H and O–H groups in total. The molecule has 0 aliphatic carbocycles. The van der Waals surface area contributed by atoms with Crippen molar-refractivity contribution in [2.75, 3.05) is 13.7 Å². The first-order valence-electron chi connectivity index (χ1n) is 6.75. The fourth-order valence-corrected chi connectivity index (χ4v) is 2.41. The lowest BCUT2D eigenvalue weighted by molar-refractivity contribution is 0.414. The zero-order chi connectivity index (χ0) is 14.5. The van der Waals surface area contributed by atoms with Crippen LogP contribution < -0.4 is 10.5 Å². The molecular formula is C17H20FNO. The average molecular weight is 273 g/mol. The molecule has 0 spiro atoms. The third-order valence-corrected chi connectivity index (χ3v) is 3.56. The van der Waals surface area contributed by atoms with Gasteiger partial charge in [0, 0.05) is 5.92 Å². The number of hydrogen-bond donors (Lipinski definition) is 1. The third kappa shape index (κ3) is 3.17. The highest BCUT2D eigenvalue weighted by molar-refractivity contribution is 5.37. The predicted molar refractivity (Wildman–Crippen MR) is 79.6 cm³/mol. The second kappa shape index (κ2) is 6.53. The summed E-state index contributed by atoms with van der Waals surface area (Å²) in [6, 6.07) is 13.2. The van der Waals surface area contributed by atoms with Gasteiger partial charge in [-0.05, 0) is 54.8 Å². The highest BCUT2D eigenvalue weighted by Gasteiger charge is 2.14. The summed E-state index contributed by atoms with van der Waals surface area (Å²) in [4.78, 5) is 0. The first kappa shape index (κ1) is 14.5. The average Bonchev–Trinajstić information content (AvgIpc) is 2.48. The molecule has 20 heavy (non-hydrogen) atoms. The van der Waals surface area contributed by atoms with E-state index in [1.165, 1.54) is 11.6 Å². The number of aryl methyl sites for hydroxylation is 1. The molecule has 106 valence electrons. The van der Waals surface area contributed by atoms with E-state index in [2.05, 4.69) is 0 Å². The van der Waals surface area contributed by atoms with Gasteiger partial charge in [-0.1, -0.05) is 24.3 Å². The Labute approximate surface area is 119 Å². The largest absolute Gasteiger partial charge is 0.497 e. The van der Waals surface area contributed by atoms with E-state index in [0.717, 1.165) is 17.7 Å². The summed E-state index contributed by atoms with van der Waals surface area (Å²) in [5.74, 6) is 0.843. The number of methoxy groups -OCH3 is 1. The van der Waals surface area contributed by atoms with Gasteiger partial charge in [0.05, 0.1) is 7.11 Å². The van der Waals surface area contributed by atoms with E-state index < -0.39 is 0 Å². The van der Waals surface area contributed by atoms with Crippen molar-refractivity contribution in [2.45, 2.75) is 19.3 Å². The number of rotatable bonds is 5. The molecule has 3 heteroatoms. The van der Waals surface area contributed by atoms with Gasteiger partial charge in [-0.2, -0.15) is 0 Å². The van der Waals surface area contributed by atoms with Crippen LogP contribution in [0, 0.1) is 12.7 Å². The lowest BCUT2D eigenvalue weighted by atomic mass is 9.88.